The molecule has 2 heterocycles. The SMILES string of the molecule is CCOc1ccccc1CCNC(=NC)NC1CCN(c2cccs2)CC1.I. The minimum atomic E-state index is 0. The lowest BCUT2D eigenvalue weighted by atomic mass is 10.1. The number of nitrogens with one attached hydrogen (secondary N) is 2. The van der Waals surface area contributed by atoms with Gasteiger partial charge in [-0.25, -0.2) is 0 Å². The van der Waals surface area contributed by atoms with Crippen molar-refractivity contribution in [1.29, 1.82) is 0 Å². The molecule has 2 N–H and O–H groups in total. The second kappa shape index (κ2) is 12.2. The van der Waals surface area contributed by atoms with Gasteiger partial charge in [0.15, 0.2) is 5.96 Å². The van der Waals surface area contributed by atoms with Crippen molar-refractivity contribution in [3.63, 3.8) is 0 Å². The fourth-order valence-electron chi connectivity index (χ4n) is 3.40. The highest BCUT2D eigenvalue weighted by Crippen LogP contribution is 2.24. The molecule has 5 nitrogen and oxygen atoms in total. The van der Waals surface area contributed by atoms with Crippen LogP contribution < -0.4 is 20.3 Å². The van der Waals surface area contributed by atoms with Gasteiger partial charge in [0, 0.05) is 32.7 Å². The molecule has 0 aliphatic carbocycles. The zero-order valence-corrected chi connectivity index (χ0v) is 19.8. The molecule has 0 unspecified atom stereocenters. The molecular weight excluding hydrogens is 483 g/mol. The Morgan fingerprint density at radius 2 is 2.00 bits per heavy atom. The first-order chi connectivity index (χ1) is 13.3. The summed E-state index contributed by atoms with van der Waals surface area (Å²) in [5, 5.41) is 10.6. The Hall–Kier alpha value is -1.48. The number of benzene rings is 1. The van der Waals surface area contributed by atoms with Crippen LogP contribution in [-0.4, -0.2) is 45.3 Å². The molecule has 0 bridgehead atoms. The summed E-state index contributed by atoms with van der Waals surface area (Å²) in [6.45, 7) is 5.73. The summed E-state index contributed by atoms with van der Waals surface area (Å²) in [5.41, 5.74) is 1.23. The number of ether oxygens (including phenoxy) is 1. The van der Waals surface area contributed by atoms with Crippen LogP contribution >= 0.6 is 35.3 Å². The van der Waals surface area contributed by atoms with Crippen LogP contribution in [0.4, 0.5) is 5.00 Å². The number of hydrogen-bond donors (Lipinski definition) is 2. The number of anilines is 1. The zero-order valence-electron chi connectivity index (χ0n) is 16.7. The van der Waals surface area contributed by atoms with E-state index in [4.69, 9.17) is 4.74 Å². The van der Waals surface area contributed by atoms with Gasteiger partial charge < -0.3 is 20.3 Å². The van der Waals surface area contributed by atoms with Gasteiger partial charge in [0.1, 0.15) is 5.75 Å². The maximum atomic E-state index is 5.71. The third-order valence-electron chi connectivity index (χ3n) is 4.84. The third kappa shape index (κ3) is 6.55. The quantitative estimate of drug-likeness (QED) is 0.331. The van der Waals surface area contributed by atoms with Crippen molar-refractivity contribution in [2.24, 2.45) is 4.99 Å². The molecule has 3 rings (SSSR count). The minimum absolute atomic E-state index is 0. The normalized spacial score (nSPS) is 15.1. The molecule has 28 heavy (non-hydrogen) atoms. The van der Waals surface area contributed by atoms with Crippen molar-refractivity contribution in [2.75, 3.05) is 38.2 Å². The van der Waals surface area contributed by atoms with Crippen LogP contribution in [0.15, 0.2) is 46.8 Å². The monoisotopic (exact) mass is 514 g/mol. The first-order valence-electron chi connectivity index (χ1n) is 9.76. The fraction of sp³-hybridized carbons (Fsp3) is 0.476. The number of para-hydroxylation sites is 1. The standard InChI is InChI=1S/C21H30N4OS.HI/c1-3-26-19-8-5-4-7-17(19)10-13-23-21(22-2)24-18-11-14-25(15-12-18)20-9-6-16-27-20;/h4-9,16,18H,3,10-15H2,1-2H3,(H2,22,23,24);1H. The minimum Gasteiger partial charge on any atom is -0.494 e. The maximum absolute atomic E-state index is 5.71. The lowest BCUT2D eigenvalue weighted by Gasteiger charge is -2.33. The predicted molar refractivity (Wildman–Crippen MR) is 131 cm³/mol. The number of thiophene rings is 1. The molecule has 0 radical (unpaired) electrons. The number of guanidine groups is 1. The van der Waals surface area contributed by atoms with Crippen molar-refractivity contribution in [3.8, 4) is 5.75 Å². The van der Waals surface area contributed by atoms with Gasteiger partial charge in [-0.3, -0.25) is 4.99 Å². The molecule has 7 heteroatoms. The summed E-state index contributed by atoms with van der Waals surface area (Å²) in [6, 6.07) is 13.1. The van der Waals surface area contributed by atoms with Crippen molar-refractivity contribution in [3.05, 3.63) is 47.3 Å². The molecule has 1 aromatic heterocycles. The van der Waals surface area contributed by atoms with E-state index in [2.05, 4.69) is 50.2 Å². The first kappa shape index (κ1) is 22.8. The molecular formula is C21H31IN4OS. The number of rotatable bonds is 7. The summed E-state index contributed by atoms with van der Waals surface area (Å²) in [7, 11) is 1.84. The molecule has 0 saturated carbocycles. The number of nitrogens with zero attached hydrogens (tertiary/aromatic N) is 2. The van der Waals surface area contributed by atoms with Crippen LogP contribution in [0.1, 0.15) is 25.3 Å². The molecule has 1 fully saturated rings. The largest absolute Gasteiger partial charge is 0.494 e. The lowest BCUT2D eigenvalue weighted by Crippen LogP contribution is -2.49. The average molecular weight is 514 g/mol. The van der Waals surface area contributed by atoms with E-state index < -0.39 is 0 Å². The molecule has 1 aromatic carbocycles. The van der Waals surface area contributed by atoms with Gasteiger partial charge in [-0.05, 0) is 55.3 Å². The predicted octanol–water partition coefficient (Wildman–Crippen LogP) is 4.14. The summed E-state index contributed by atoms with van der Waals surface area (Å²) in [4.78, 5) is 6.87. The van der Waals surface area contributed by atoms with E-state index in [1.54, 1.807) is 0 Å². The first-order valence-corrected chi connectivity index (χ1v) is 10.6. The molecule has 0 atom stereocenters. The van der Waals surface area contributed by atoms with E-state index in [0.717, 1.165) is 50.6 Å². The second-order valence-electron chi connectivity index (χ2n) is 6.65. The van der Waals surface area contributed by atoms with E-state index in [1.165, 1.54) is 10.6 Å². The van der Waals surface area contributed by atoms with E-state index in [9.17, 15) is 0 Å². The van der Waals surface area contributed by atoms with Crippen LogP contribution in [0.2, 0.25) is 0 Å². The molecule has 0 spiro atoms. The van der Waals surface area contributed by atoms with Gasteiger partial charge >= 0.3 is 0 Å². The molecule has 1 aliphatic heterocycles. The molecule has 1 aliphatic rings. The van der Waals surface area contributed by atoms with E-state index in [1.807, 2.05) is 37.4 Å². The van der Waals surface area contributed by atoms with Crippen molar-refractivity contribution in [1.82, 2.24) is 10.6 Å². The molecule has 2 aromatic rings. The van der Waals surface area contributed by atoms with Crippen LogP contribution in [0.3, 0.4) is 0 Å². The van der Waals surface area contributed by atoms with Gasteiger partial charge in [-0.15, -0.1) is 35.3 Å². The Balaban J connectivity index is 0.00000280. The van der Waals surface area contributed by atoms with Crippen molar-refractivity contribution < 1.29 is 4.74 Å². The van der Waals surface area contributed by atoms with Crippen molar-refractivity contribution >= 4 is 46.3 Å². The maximum Gasteiger partial charge on any atom is 0.191 e. The molecule has 1 saturated heterocycles. The van der Waals surface area contributed by atoms with Gasteiger partial charge in [0.2, 0.25) is 0 Å². The van der Waals surface area contributed by atoms with Gasteiger partial charge in [-0.2, -0.15) is 0 Å². The summed E-state index contributed by atoms with van der Waals surface area (Å²) in [6.07, 6.45) is 3.17. The summed E-state index contributed by atoms with van der Waals surface area (Å²) in [5.74, 6) is 1.86. The Morgan fingerprint density at radius 3 is 2.68 bits per heavy atom. The lowest BCUT2D eigenvalue weighted by molar-refractivity contribution is 0.336. The topological polar surface area (TPSA) is 48.9 Å². The van der Waals surface area contributed by atoms with E-state index in [0.29, 0.717) is 12.6 Å². The Kier molecular flexibility index (Phi) is 9.91. The van der Waals surface area contributed by atoms with Crippen molar-refractivity contribution in [2.45, 2.75) is 32.2 Å². The number of halogens is 1. The smallest absolute Gasteiger partial charge is 0.191 e. The Morgan fingerprint density at radius 1 is 1.21 bits per heavy atom. The zero-order chi connectivity index (χ0) is 18.9. The highest BCUT2D eigenvalue weighted by molar-refractivity contribution is 14.0. The number of piperidine rings is 1. The Labute approximate surface area is 189 Å². The highest BCUT2D eigenvalue weighted by Gasteiger charge is 2.20. The fourth-order valence-corrected chi connectivity index (χ4v) is 4.19. The number of hydrogen-bond acceptors (Lipinski definition) is 4. The molecule has 154 valence electrons. The highest BCUT2D eigenvalue weighted by atomic mass is 127. The van der Waals surface area contributed by atoms with Crippen LogP contribution in [-0.2, 0) is 6.42 Å². The summed E-state index contributed by atoms with van der Waals surface area (Å²) < 4.78 is 5.71. The van der Waals surface area contributed by atoms with E-state index in [-0.39, 0.29) is 24.0 Å². The van der Waals surface area contributed by atoms with Gasteiger partial charge in [-0.1, -0.05) is 18.2 Å². The van der Waals surface area contributed by atoms with Crippen LogP contribution in [0.25, 0.3) is 0 Å². The Bertz CT molecular complexity index is 715. The second-order valence-corrected chi connectivity index (χ2v) is 7.57. The van der Waals surface area contributed by atoms with Gasteiger partial charge in [0.25, 0.3) is 0 Å². The number of aliphatic imine (C=N–C) groups is 1. The van der Waals surface area contributed by atoms with Crippen LogP contribution in [0.5, 0.6) is 5.75 Å². The van der Waals surface area contributed by atoms with Crippen LogP contribution in [0, 0.1) is 0 Å². The van der Waals surface area contributed by atoms with E-state index >= 15 is 0 Å². The summed E-state index contributed by atoms with van der Waals surface area (Å²) >= 11 is 1.82. The average Bonchev–Trinajstić information content (AvgIpc) is 3.24. The molecule has 0 amide bonds. The van der Waals surface area contributed by atoms with Gasteiger partial charge in [0.05, 0.1) is 11.6 Å². The third-order valence-corrected chi connectivity index (χ3v) is 5.77.